The third-order valence-electron chi connectivity index (χ3n) is 12.2. The number of allylic oxidation sites excluding steroid dienone is 5. The molecule has 0 rings (SSSR count). The van der Waals surface area contributed by atoms with E-state index in [4.69, 9.17) is 4.74 Å². The first-order valence-corrected chi connectivity index (χ1v) is 26.8. The van der Waals surface area contributed by atoms with Crippen molar-refractivity contribution in [1.29, 1.82) is 0 Å². The Labute approximate surface area is 379 Å². The summed E-state index contributed by atoms with van der Waals surface area (Å²) in [6, 6.07) is -0.639. The number of esters is 1. The molecule has 0 aliphatic rings. The smallest absolute Gasteiger partial charge is 0.305 e. The molecule has 0 radical (unpaired) electrons. The number of nitrogens with one attached hydrogen (secondary N) is 1. The van der Waals surface area contributed by atoms with Crippen LogP contribution in [0.3, 0.4) is 0 Å². The van der Waals surface area contributed by atoms with Gasteiger partial charge in [0.05, 0.1) is 25.4 Å². The van der Waals surface area contributed by atoms with Crippen molar-refractivity contribution in [3.8, 4) is 0 Å². The minimum Gasteiger partial charge on any atom is -0.466 e. The average Bonchev–Trinajstić information content (AvgIpc) is 3.26. The third-order valence-corrected chi connectivity index (χ3v) is 12.2. The molecule has 0 heterocycles. The number of aliphatic hydroxyl groups excluding tert-OH is 2. The highest BCUT2D eigenvalue weighted by atomic mass is 16.5. The van der Waals surface area contributed by atoms with Crippen LogP contribution in [0, 0.1) is 0 Å². The van der Waals surface area contributed by atoms with Crippen LogP contribution in [0.15, 0.2) is 36.5 Å². The van der Waals surface area contributed by atoms with Crippen LogP contribution < -0.4 is 5.32 Å². The first kappa shape index (κ1) is 59.1. The lowest BCUT2D eigenvalue weighted by molar-refractivity contribution is -0.143. The van der Waals surface area contributed by atoms with Gasteiger partial charge in [-0.2, -0.15) is 0 Å². The number of hydrogen-bond donors (Lipinski definition) is 3. The molecular weight excluding hydrogens is 755 g/mol. The Morgan fingerprint density at radius 3 is 1.25 bits per heavy atom. The van der Waals surface area contributed by atoms with Crippen molar-refractivity contribution in [2.45, 2.75) is 289 Å². The van der Waals surface area contributed by atoms with Gasteiger partial charge in [-0.1, -0.05) is 230 Å². The lowest BCUT2D eigenvalue weighted by Gasteiger charge is -2.20. The molecule has 0 bridgehead atoms. The van der Waals surface area contributed by atoms with Crippen molar-refractivity contribution in [3.63, 3.8) is 0 Å². The van der Waals surface area contributed by atoms with Crippen molar-refractivity contribution < 1.29 is 24.5 Å². The largest absolute Gasteiger partial charge is 0.466 e. The lowest BCUT2D eigenvalue weighted by Crippen LogP contribution is -2.45. The number of amides is 1. The van der Waals surface area contributed by atoms with Crippen molar-refractivity contribution in [1.82, 2.24) is 5.32 Å². The Balaban J connectivity index is 3.54. The molecule has 0 aliphatic heterocycles. The summed E-state index contributed by atoms with van der Waals surface area (Å²) < 4.78 is 5.44. The molecule has 0 saturated heterocycles. The summed E-state index contributed by atoms with van der Waals surface area (Å²) in [5.41, 5.74) is 0. The molecule has 2 unspecified atom stereocenters. The minimum atomic E-state index is -0.854. The molecule has 0 aromatic rings. The fourth-order valence-corrected chi connectivity index (χ4v) is 8.02. The van der Waals surface area contributed by atoms with Crippen LogP contribution in [0.5, 0.6) is 0 Å². The van der Waals surface area contributed by atoms with Gasteiger partial charge in [0, 0.05) is 12.8 Å². The van der Waals surface area contributed by atoms with E-state index in [1.807, 2.05) is 6.08 Å². The standard InChI is InChI=1S/C55H103NO5/c1-3-5-7-9-11-13-15-17-21-24-27-31-35-39-43-47-53(58)52(51-57)56-54(59)48-44-40-36-32-28-25-22-19-18-20-23-26-30-34-38-42-46-50-61-55(60)49-45-41-37-33-29-16-14-12-10-8-6-4-2/h18,20,26,30,43,47,52-53,57-58H,3-17,19,21-25,27-29,31-42,44-46,48-51H2,1-2H3,(H,56,59)/b20-18-,30-26-,47-43+. The number of carbonyl (C=O) groups is 2. The van der Waals surface area contributed by atoms with Crippen molar-refractivity contribution in [2.24, 2.45) is 0 Å². The SMILES string of the molecule is CCCCCCCCCCCCCCC/C=C/C(O)C(CO)NC(=O)CCCCCCCCC/C=C\C/C=C\CCCCCOC(=O)CCCCCCCCCCCCCC. The number of hydrogen-bond acceptors (Lipinski definition) is 5. The van der Waals surface area contributed by atoms with Gasteiger partial charge < -0.3 is 20.3 Å². The first-order valence-electron chi connectivity index (χ1n) is 26.8. The van der Waals surface area contributed by atoms with E-state index in [-0.39, 0.29) is 18.5 Å². The monoisotopic (exact) mass is 858 g/mol. The molecular formula is C55H103NO5. The Morgan fingerprint density at radius 2 is 0.820 bits per heavy atom. The van der Waals surface area contributed by atoms with Crippen molar-refractivity contribution in [2.75, 3.05) is 13.2 Å². The molecule has 0 aromatic heterocycles. The predicted molar refractivity (Wildman–Crippen MR) is 264 cm³/mol. The summed E-state index contributed by atoms with van der Waals surface area (Å²) >= 11 is 0. The molecule has 6 nitrogen and oxygen atoms in total. The molecule has 0 aliphatic carbocycles. The maximum absolute atomic E-state index is 12.4. The van der Waals surface area contributed by atoms with E-state index in [1.54, 1.807) is 6.08 Å². The number of unbranched alkanes of at least 4 members (excludes halogenated alkanes) is 34. The topological polar surface area (TPSA) is 95.9 Å². The molecule has 0 fully saturated rings. The predicted octanol–water partition coefficient (Wildman–Crippen LogP) is 16.1. The highest BCUT2D eigenvalue weighted by molar-refractivity contribution is 5.76. The van der Waals surface area contributed by atoms with Crippen LogP contribution >= 0.6 is 0 Å². The molecule has 3 N–H and O–H groups in total. The molecule has 0 aromatic carbocycles. The Hall–Kier alpha value is -1.92. The summed E-state index contributed by atoms with van der Waals surface area (Å²) in [6.45, 7) is 4.85. The molecule has 61 heavy (non-hydrogen) atoms. The van der Waals surface area contributed by atoms with Crippen LogP contribution in [-0.4, -0.2) is 47.4 Å². The zero-order chi connectivity index (χ0) is 44.4. The Morgan fingerprint density at radius 1 is 0.459 bits per heavy atom. The number of ether oxygens (including phenoxy) is 1. The van der Waals surface area contributed by atoms with E-state index in [0.717, 1.165) is 83.5 Å². The maximum Gasteiger partial charge on any atom is 0.305 e. The van der Waals surface area contributed by atoms with Crippen LogP contribution in [0.4, 0.5) is 0 Å². The summed E-state index contributed by atoms with van der Waals surface area (Å²) in [5.74, 6) is -0.100. The lowest BCUT2D eigenvalue weighted by atomic mass is 10.0. The van der Waals surface area contributed by atoms with E-state index >= 15 is 0 Å². The van der Waals surface area contributed by atoms with Gasteiger partial charge in [-0.3, -0.25) is 9.59 Å². The zero-order valence-electron chi connectivity index (χ0n) is 40.6. The molecule has 0 spiro atoms. The second kappa shape index (κ2) is 50.7. The zero-order valence-corrected chi connectivity index (χ0v) is 40.6. The van der Waals surface area contributed by atoms with E-state index in [2.05, 4.69) is 43.5 Å². The minimum absolute atomic E-state index is 0.0162. The van der Waals surface area contributed by atoms with Crippen molar-refractivity contribution in [3.05, 3.63) is 36.5 Å². The number of carbonyl (C=O) groups excluding carboxylic acids is 2. The van der Waals surface area contributed by atoms with Gasteiger partial charge in [-0.25, -0.2) is 0 Å². The van der Waals surface area contributed by atoms with Gasteiger partial charge in [0.25, 0.3) is 0 Å². The highest BCUT2D eigenvalue weighted by Crippen LogP contribution is 2.15. The van der Waals surface area contributed by atoms with Crippen LogP contribution in [0.2, 0.25) is 0 Å². The fraction of sp³-hybridized carbons (Fsp3) is 0.855. The second-order valence-corrected chi connectivity index (χ2v) is 18.2. The van der Waals surface area contributed by atoms with Gasteiger partial charge in [0.2, 0.25) is 5.91 Å². The van der Waals surface area contributed by atoms with Gasteiger partial charge in [-0.15, -0.1) is 0 Å². The normalized spacial score (nSPS) is 12.9. The van der Waals surface area contributed by atoms with Gasteiger partial charge in [0.15, 0.2) is 0 Å². The van der Waals surface area contributed by atoms with Crippen LogP contribution in [0.25, 0.3) is 0 Å². The van der Waals surface area contributed by atoms with Gasteiger partial charge >= 0.3 is 5.97 Å². The molecule has 358 valence electrons. The third kappa shape index (κ3) is 47.4. The Bertz CT molecular complexity index is 993. The summed E-state index contributed by atoms with van der Waals surface area (Å²) in [6.07, 6.45) is 61.5. The van der Waals surface area contributed by atoms with E-state index < -0.39 is 12.1 Å². The summed E-state index contributed by atoms with van der Waals surface area (Å²) in [4.78, 5) is 24.4. The second-order valence-electron chi connectivity index (χ2n) is 18.2. The average molecular weight is 858 g/mol. The number of rotatable bonds is 49. The summed E-state index contributed by atoms with van der Waals surface area (Å²) in [5, 5.41) is 23.1. The quantitative estimate of drug-likeness (QED) is 0.0322. The number of aliphatic hydroxyl groups is 2. The van der Waals surface area contributed by atoms with Crippen LogP contribution in [-0.2, 0) is 14.3 Å². The van der Waals surface area contributed by atoms with Gasteiger partial charge in [0.1, 0.15) is 0 Å². The van der Waals surface area contributed by atoms with Gasteiger partial charge in [-0.05, 0) is 70.6 Å². The highest BCUT2D eigenvalue weighted by Gasteiger charge is 2.18. The van der Waals surface area contributed by atoms with Crippen LogP contribution in [0.1, 0.15) is 277 Å². The fourth-order valence-electron chi connectivity index (χ4n) is 8.02. The van der Waals surface area contributed by atoms with E-state index in [9.17, 15) is 19.8 Å². The Kier molecular flexibility index (Phi) is 49.1. The molecule has 2 atom stereocenters. The van der Waals surface area contributed by atoms with E-state index in [0.29, 0.717) is 19.4 Å². The van der Waals surface area contributed by atoms with E-state index in [1.165, 1.54) is 167 Å². The first-order chi connectivity index (χ1) is 30.0. The van der Waals surface area contributed by atoms with Crippen molar-refractivity contribution >= 4 is 11.9 Å². The summed E-state index contributed by atoms with van der Waals surface area (Å²) in [7, 11) is 0. The molecule has 6 heteroatoms. The maximum atomic E-state index is 12.4. The molecule has 1 amide bonds. The molecule has 0 saturated carbocycles.